The molecule has 0 aliphatic heterocycles. The van der Waals surface area contributed by atoms with Crippen molar-refractivity contribution in [3.8, 4) is 5.88 Å². The lowest BCUT2D eigenvalue weighted by Crippen LogP contribution is -2.25. The Morgan fingerprint density at radius 1 is 1.10 bits per heavy atom. The predicted octanol–water partition coefficient (Wildman–Crippen LogP) is 5.84. The molecule has 0 saturated heterocycles. The van der Waals surface area contributed by atoms with Crippen molar-refractivity contribution in [3.63, 3.8) is 0 Å². The van der Waals surface area contributed by atoms with Crippen LogP contribution in [-0.4, -0.2) is 20.7 Å². The van der Waals surface area contributed by atoms with E-state index < -0.39 is 16.4 Å². The van der Waals surface area contributed by atoms with Gasteiger partial charge < -0.3 is 4.74 Å². The Kier molecular flexibility index (Phi) is 6.22. The average Bonchev–Trinajstić information content (AvgIpc) is 2.99. The van der Waals surface area contributed by atoms with Gasteiger partial charge >= 0.3 is 5.97 Å². The zero-order valence-electron chi connectivity index (χ0n) is 18.4. The van der Waals surface area contributed by atoms with Crippen LogP contribution >= 0.6 is 11.8 Å². The number of hydrogen-bond acceptors (Lipinski definition) is 6. The van der Waals surface area contributed by atoms with E-state index in [0.29, 0.717) is 5.88 Å². The number of aryl methyl sites for hydroxylation is 2. The second-order valence-electron chi connectivity index (χ2n) is 8.31. The molecule has 0 unspecified atom stereocenters. The lowest BCUT2D eigenvalue weighted by atomic mass is 10.1. The van der Waals surface area contributed by atoms with Gasteiger partial charge in [0, 0.05) is 16.5 Å². The molecule has 3 aromatic rings. The Bertz CT molecular complexity index is 1140. The summed E-state index contributed by atoms with van der Waals surface area (Å²) in [7, 11) is 0. The second kappa shape index (κ2) is 8.55. The molecule has 0 amide bonds. The third kappa shape index (κ3) is 4.80. The first-order valence-electron chi connectivity index (χ1n) is 9.80. The van der Waals surface area contributed by atoms with Crippen LogP contribution in [0.3, 0.4) is 0 Å². The van der Waals surface area contributed by atoms with E-state index in [-0.39, 0.29) is 16.8 Å². The van der Waals surface area contributed by atoms with E-state index in [1.165, 1.54) is 30.0 Å². The Hall–Kier alpha value is -3.13. The highest BCUT2D eigenvalue weighted by Crippen LogP contribution is 2.40. The van der Waals surface area contributed by atoms with Crippen LogP contribution in [0, 0.1) is 30.9 Å². The molecule has 3 rings (SSSR count). The summed E-state index contributed by atoms with van der Waals surface area (Å²) in [5.41, 5.74) is 1.75. The molecule has 31 heavy (non-hydrogen) atoms. The van der Waals surface area contributed by atoms with E-state index in [9.17, 15) is 14.9 Å². The number of aromatic nitrogens is 2. The molecule has 1 aromatic heterocycles. The monoisotopic (exact) mass is 439 g/mol. The summed E-state index contributed by atoms with van der Waals surface area (Å²) in [5, 5.41) is 15.9. The number of nitro benzene ring substituents is 1. The molecule has 1 heterocycles. The Morgan fingerprint density at radius 2 is 1.74 bits per heavy atom. The minimum Gasteiger partial charge on any atom is -0.403 e. The molecule has 7 nitrogen and oxygen atoms in total. The van der Waals surface area contributed by atoms with Gasteiger partial charge in [0.25, 0.3) is 5.69 Å². The van der Waals surface area contributed by atoms with Crippen LogP contribution in [0.15, 0.2) is 52.3 Å². The zero-order chi connectivity index (χ0) is 22.9. The number of carbonyl (C=O) groups is 1. The minimum atomic E-state index is -0.655. The van der Waals surface area contributed by atoms with E-state index in [2.05, 4.69) is 5.10 Å². The third-order valence-corrected chi connectivity index (χ3v) is 5.93. The van der Waals surface area contributed by atoms with Gasteiger partial charge in [-0.05, 0) is 59.7 Å². The van der Waals surface area contributed by atoms with Crippen molar-refractivity contribution in [2.24, 2.45) is 0 Å². The SMILES string of the molecule is Cc1ccc(Sc2c(C)nn(C(C)(C)C)c2OC(=O)c2cccc([N+](=O)[O-])c2C)cc1. The highest BCUT2D eigenvalue weighted by Gasteiger charge is 2.29. The summed E-state index contributed by atoms with van der Waals surface area (Å²) < 4.78 is 7.52. The second-order valence-corrected chi connectivity index (χ2v) is 9.40. The van der Waals surface area contributed by atoms with Gasteiger partial charge in [-0.25, -0.2) is 9.48 Å². The fourth-order valence-electron chi connectivity index (χ4n) is 3.06. The van der Waals surface area contributed by atoms with Gasteiger partial charge in [0.15, 0.2) is 0 Å². The molecular weight excluding hydrogens is 414 g/mol. The smallest absolute Gasteiger partial charge is 0.345 e. The van der Waals surface area contributed by atoms with Crippen LogP contribution < -0.4 is 4.74 Å². The van der Waals surface area contributed by atoms with Gasteiger partial charge in [-0.1, -0.05) is 35.5 Å². The van der Waals surface area contributed by atoms with Gasteiger partial charge in [-0.3, -0.25) is 10.1 Å². The van der Waals surface area contributed by atoms with Crippen molar-refractivity contribution in [1.82, 2.24) is 9.78 Å². The first-order valence-corrected chi connectivity index (χ1v) is 10.6. The first-order chi connectivity index (χ1) is 14.5. The number of esters is 1. The first kappa shape index (κ1) is 22.6. The van der Waals surface area contributed by atoms with Crippen LogP contribution in [0.1, 0.15) is 48.0 Å². The number of nitrogens with zero attached hydrogens (tertiary/aromatic N) is 3. The van der Waals surface area contributed by atoms with Crippen molar-refractivity contribution < 1.29 is 14.5 Å². The Balaban J connectivity index is 2.05. The van der Waals surface area contributed by atoms with Crippen molar-refractivity contribution in [1.29, 1.82) is 0 Å². The summed E-state index contributed by atoms with van der Waals surface area (Å²) in [4.78, 5) is 25.5. The van der Waals surface area contributed by atoms with Crippen LogP contribution in [0.5, 0.6) is 5.88 Å². The molecule has 0 fully saturated rings. The third-order valence-electron chi connectivity index (χ3n) is 4.75. The summed E-state index contributed by atoms with van der Waals surface area (Å²) in [5.74, 6) is -0.330. The number of nitro groups is 1. The number of benzene rings is 2. The highest BCUT2D eigenvalue weighted by atomic mass is 32.2. The molecule has 2 aromatic carbocycles. The van der Waals surface area contributed by atoms with Crippen LogP contribution in [-0.2, 0) is 5.54 Å². The Labute approximate surface area is 185 Å². The van der Waals surface area contributed by atoms with Gasteiger partial charge in [0.1, 0.15) is 0 Å². The highest BCUT2D eigenvalue weighted by molar-refractivity contribution is 7.99. The van der Waals surface area contributed by atoms with Crippen molar-refractivity contribution in [2.45, 2.75) is 56.9 Å². The molecular formula is C23H25N3O4S. The maximum Gasteiger partial charge on any atom is 0.345 e. The zero-order valence-corrected chi connectivity index (χ0v) is 19.2. The van der Waals surface area contributed by atoms with Gasteiger partial charge in [-0.2, -0.15) is 5.10 Å². The van der Waals surface area contributed by atoms with Crippen molar-refractivity contribution in [2.75, 3.05) is 0 Å². The summed E-state index contributed by atoms with van der Waals surface area (Å²) in [6.07, 6.45) is 0. The van der Waals surface area contributed by atoms with Gasteiger partial charge in [-0.15, -0.1) is 0 Å². The number of rotatable bonds is 5. The minimum absolute atomic E-state index is 0.121. The van der Waals surface area contributed by atoms with Crippen LogP contribution in [0.2, 0.25) is 0 Å². The molecule has 0 aliphatic rings. The molecule has 0 radical (unpaired) electrons. The lowest BCUT2D eigenvalue weighted by molar-refractivity contribution is -0.385. The van der Waals surface area contributed by atoms with Crippen molar-refractivity contribution >= 4 is 23.4 Å². The van der Waals surface area contributed by atoms with Crippen LogP contribution in [0.25, 0.3) is 0 Å². The van der Waals surface area contributed by atoms with E-state index in [1.54, 1.807) is 11.6 Å². The van der Waals surface area contributed by atoms with Crippen LogP contribution in [0.4, 0.5) is 5.69 Å². The van der Waals surface area contributed by atoms with E-state index in [4.69, 9.17) is 4.74 Å². The average molecular weight is 440 g/mol. The summed E-state index contributed by atoms with van der Waals surface area (Å²) in [6, 6.07) is 12.4. The molecule has 0 aliphatic carbocycles. The lowest BCUT2D eigenvalue weighted by Gasteiger charge is -2.22. The molecule has 0 saturated carbocycles. The summed E-state index contributed by atoms with van der Waals surface area (Å²) in [6.45, 7) is 11.3. The Morgan fingerprint density at radius 3 is 2.32 bits per heavy atom. The quantitative estimate of drug-likeness (QED) is 0.282. The van der Waals surface area contributed by atoms with E-state index in [1.807, 2.05) is 58.9 Å². The molecule has 0 spiro atoms. The molecule has 0 atom stereocenters. The molecule has 162 valence electrons. The number of carbonyl (C=O) groups excluding carboxylic acids is 1. The maximum atomic E-state index is 13.1. The standard InChI is InChI=1S/C23H25N3O4S/c1-14-10-12-17(13-11-14)31-20-16(3)24-25(23(4,5)6)21(20)30-22(27)18-8-7-9-19(15(18)2)26(28)29/h7-13H,1-6H3. The van der Waals surface area contributed by atoms with Gasteiger partial charge in [0.05, 0.1) is 26.6 Å². The molecule has 0 N–H and O–H groups in total. The number of hydrogen-bond donors (Lipinski definition) is 0. The normalized spacial score (nSPS) is 11.4. The van der Waals surface area contributed by atoms with Gasteiger partial charge in [0.2, 0.25) is 5.88 Å². The fourth-order valence-corrected chi connectivity index (χ4v) is 3.97. The van der Waals surface area contributed by atoms with E-state index >= 15 is 0 Å². The molecule has 8 heteroatoms. The topological polar surface area (TPSA) is 87.3 Å². The number of ether oxygens (including phenoxy) is 1. The fraction of sp³-hybridized carbons (Fsp3) is 0.304. The van der Waals surface area contributed by atoms with E-state index in [0.717, 1.165) is 21.0 Å². The predicted molar refractivity (Wildman–Crippen MR) is 120 cm³/mol. The molecule has 0 bridgehead atoms. The van der Waals surface area contributed by atoms with Crippen molar-refractivity contribution in [3.05, 3.63) is 75.0 Å². The maximum absolute atomic E-state index is 13.1. The summed E-state index contributed by atoms with van der Waals surface area (Å²) >= 11 is 1.47. The largest absolute Gasteiger partial charge is 0.403 e.